The van der Waals surface area contributed by atoms with Gasteiger partial charge < -0.3 is 34.5 Å². The van der Waals surface area contributed by atoms with Crippen molar-refractivity contribution in [3.05, 3.63) is 11.6 Å². The van der Waals surface area contributed by atoms with Crippen LogP contribution in [0.25, 0.3) is 0 Å². The third-order valence-corrected chi connectivity index (χ3v) is 8.64. The van der Waals surface area contributed by atoms with E-state index in [9.17, 15) is 9.59 Å². The minimum atomic E-state index is -0.665. The Morgan fingerprint density at radius 3 is 2.51 bits per heavy atom. The smallest absolute Gasteiger partial charge is 0.408 e. The van der Waals surface area contributed by atoms with Crippen molar-refractivity contribution in [1.29, 1.82) is 0 Å². The Morgan fingerprint density at radius 2 is 1.92 bits per heavy atom. The fourth-order valence-corrected chi connectivity index (χ4v) is 6.36. The number of nitrogens with one attached hydrogen (secondary N) is 2. The van der Waals surface area contributed by atoms with Crippen molar-refractivity contribution < 1.29 is 28.5 Å². The van der Waals surface area contributed by atoms with Crippen LogP contribution in [0.5, 0.6) is 0 Å². The van der Waals surface area contributed by atoms with Crippen molar-refractivity contribution in [3.8, 4) is 0 Å². The van der Waals surface area contributed by atoms with Gasteiger partial charge in [-0.3, -0.25) is 4.79 Å². The van der Waals surface area contributed by atoms with Gasteiger partial charge in [-0.2, -0.15) is 0 Å². The van der Waals surface area contributed by atoms with E-state index < -0.39 is 23.8 Å². The molecule has 0 aromatic rings. The number of likely N-dealkylation sites (tertiary alicyclic amines) is 1. The van der Waals surface area contributed by atoms with E-state index >= 15 is 0 Å². The van der Waals surface area contributed by atoms with Crippen LogP contribution < -0.4 is 10.6 Å². The summed E-state index contributed by atoms with van der Waals surface area (Å²) >= 11 is 0. The zero-order valence-electron chi connectivity index (χ0n) is 23.5. The molecular formula is C28H47N3O6. The van der Waals surface area contributed by atoms with Gasteiger partial charge in [0.1, 0.15) is 29.5 Å². The molecule has 2 N–H and O–H groups in total. The molecule has 7 atom stereocenters. The molecule has 0 radical (unpaired) electrons. The van der Waals surface area contributed by atoms with E-state index in [-0.39, 0.29) is 35.6 Å². The van der Waals surface area contributed by atoms with Gasteiger partial charge >= 0.3 is 6.09 Å². The number of rotatable bonds is 11. The first-order valence-electron chi connectivity index (χ1n) is 14.0. The number of hydrogen-bond donors (Lipinski definition) is 2. The molecule has 3 saturated heterocycles. The van der Waals surface area contributed by atoms with Crippen molar-refractivity contribution >= 4 is 12.0 Å². The number of alkyl carbamates (subject to hydrolysis) is 1. The first kappa shape index (κ1) is 28.3. The fraction of sp³-hybridized carbons (Fsp3) is 0.857. The van der Waals surface area contributed by atoms with Gasteiger partial charge in [0.05, 0.1) is 18.6 Å². The molecule has 4 fully saturated rings. The van der Waals surface area contributed by atoms with Crippen molar-refractivity contribution in [2.75, 3.05) is 39.9 Å². The Labute approximate surface area is 222 Å². The monoisotopic (exact) mass is 521 g/mol. The van der Waals surface area contributed by atoms with Gasteiger partial charge in [-0.25, -0.2) is 4.79 Å². The summed E-state index contributed by atoms with van der Waals surface area (Å²) in [6, 6.07) is -0.665. The first-order valence-corrected chi connectivity index (χ1v) is 14.0. The van der Waals surface area contributed by atoms with Crippen LogP contribution in [-0.2, 0) is 23.7 Å². The van der Waals surface area contributed by atoms with Gasteiger partial charge in [0.15, 0.2) is 0 Å². The van der Waals surface area contributed by atoms with Gasteiger partial charge in [-0.15, -0.1) is 0 Å². The van der Waals surface area contributed by atoms with Gasteiger partial charge in [-0.1, -0.05) is 25.5 Å². The zero-order valence-corrected chi connectivity index (χ0v) is 23.5. The number of methoxy groups -OCH3 is 1. The van der Waals surface area contributed by atoms with Crippen LogP contribution in [0.2, 0.25) is 0 Å². The minimum Gasteiger partial charge on any atom is -0.443 e. The van der Waals surface area contributed by atoms with Crippen molar-refractivity contribution in [1.82, 2.24) is 15.5 Å². The lowest BCUT2D eigenvalue weighted by Crippen LogP contribution is -2.57. The molecule has 3 heterocycles. The first-order chi connectivity index (χ1) is 17.6. The van der Waals surface area contributed by atoms with E-state index in [1.54, 1.807) is 7.11 Å². The number of nitrogens with zero attached hydrogens (tertiary/aromatic N) is 1. The van der Waals surface area contributed by atoms with E-state index in [0.717, 1.165) is 32.5 Å². The second-order valence-corrected chi connectivity index (χ2v) is 12.0. The van der Waals surface area contributed by atoms with Gasteiger partial charge in [0, 0.05) is 20.2 Å². The molecule has 1 aliphatic carbocycles. The van der Waals surface area contributed by atoms with Crippen LogP contribution in [0, 0.1) is 11.8 Å². The third kappa shape index (κ3) is 6.49. The highest BCUT2D eigenvalue weighted by Gasteiger charge is 2.72. The number of carbonyl (C=O) groups excluding carboxylic acids is 2. The predicted molar refractivity (Wildman–Crippen MR) is 140 cm³/mol. The quantitative estimate of drug-likeness (QED) is 0.318. The highest BCUT2D eigenvalue weighted by Crippen LogP contribution is 2.59. The zero-order chi connectivity index (χ0) is 26.8. The molecule has 4 aliphatic rings. The van der Waals surface area contributed by atoms with Crippen LogP contribution >= 0.6 is 0 Å². The summed E-state index contributed by atoms with van der Waals surface area (Å²) in [7, 11) is 1.66. The maximum absolute atomic E-state index is 13.0. The maximum Gasteiger partial charge on any atom is 0.408 e. The SMILES string of the molecule is CO[C@@H]1[C@H](OC(=O)N[C@@H](C(=O)NCCN2CCCC2)C(C)C)CC[C@]2(CO2)[C@H]1[C@@]1(C)O[C@@H]1CC=C(C)C. The van der Waals surface area contributed by atoms with Crippen LogP contribution in [0.3, 0.4) is 0 Å². The molecule has 37 heavy (non-hydrogen) atoms. The summed E-state index contributed by atoms with van der Waals surface area (Å²) in [6.45, 7) is 14.4. The average molecular weight is 522 g/mol. The number of epoxide rings is 2. The fourth-order valence-electron chi connectivity index (χ4n) is 6.36. The summed E-state index contributed by atoms with van der Waals surface area (Å²) < 4.78 is 24.1. The lowest BCUT2D eigenvalue weighted by atomic mass is 9.68. The van der Waals surface area contributed by atoms with E-state index in [1.165, 1.54) is 18.4 Å². The lowest BCUT2D eigenvalue weighted by molar-refractivity contribution is -0.125. The third-order valence-electron chi connectivity index (χ3n) is 8.64. The van der Waals surface area contributed by atoms with Gasteiger partial charge in [0.2, 0.25) is 5.91 Å². The van der Waals surface area contributed by atoms with Crippen molar-refractivity contribution in [2.24, 2.45) is 11.8 Å². The number of hydrogen-bond acceptors (Lipinski definition) is 7. The Balaban J connectivity index is 1.35. The topological polar surface area (TPSA) is 105 Å². The van der Waals surface area contributed by atoms with Crippen molar-refractivity contribution in [2.45, 2.75) is 102 Å². The van der Waals surface area contributed by atoms with E-state index in [2.05, 4.69) is 42.4 Å². The van der Waals surface area contributed by atoms with E-state index in [1.807, 2.05) is 13.8 Å². The van der Waals surface area contributed by atoms with Gasteiger partial charge in [0.25, 0.3) is 0 Å². The van der Waals surface area contributed by atoms with E-state index in [0.29, 0.717) is 19.6 Å². The highest BCUT2D eigenvalue weighted by atomic mass is 16.6. The molecule has 1 saturated carbocycles. The molecule has 9 nitrogen and oxygen atoms in total. The Morgan fingerprint density at radius 1 is 1.22 bits per heavy atom. The Bertz CT molecular complexity index is 849. The minimum absolute atomic E-state index is 0.0399. The maximum atomic E-state index is 13.0. The Kier molecular flexibility index (Phi) is 8.88. The molecule has 0 aromatic carbocycles. The molecular weight excluding hydrogens is 474 g/mol. The van der Waals surface area contributed by atoms with Gasteiger partial charge in [-0.05, 0) is 71.9 Å². The lowest BCUT2D eigenvalue weighted by Gasteiger charge is -2.42. The summed E-state index contributed by atoms with van der Waals surface area (Å²) in [5, 5.41) is 5.81. The molecule has 2 amide bonds. The molecule has 4 rings (SSSR count). The second-order valence-electron chi connectivity index (χ2n) is 12.0. The summed E-state index contributed by atoms with van der Waals surface area (Å²) in [6.07, 6.45) is 5.62. The summed E-state index contributed by atoms with van der Waals surface area (Å²) in [4.78, 5) is 28.2. The normalized spacial score (nSPS) is 35.8. The van der Waals surface area contributed by atoms with E-state index in [4.69, 9.17) is 18.9 Å². The molecule has 0 aromatic heterocycles. The van der Waals surface area contributed by atoms with Crippen LogP contribution in [-0.4, -0.2) is 92.4 Å². The standard InChI is InChI=1S/C28H47N3O6/c1-18(2)9-10-21-27(5,37-21)24-23(34-6)20(11-12-28(24)17-35-28)36-26(33)30-22(19(3)4)25(32)29-13-16-31-14-7-8-15-31/h9,19-24H,7-8,10-17H2,1-6H3,(H,29,32)(H,30,33)/t20-,21-,22-,23-,24-,27+,28+/m1/s1. The molecule has 1 spiro atoms. The molecule has 0 unspecified atom stereocenters. The number of ether oxygens (including phenoxy) is 4. The number of carbonyl (C=O) groups is 2. The summed E-state index contributed by atoms with van der Waals surface area (Å²) in [5.74, 6) is -0.293. The summed E-state index contributed by atoms with van der Waals surface area (Å²) in [5.41, 5.74) is 0.596. The predicted octanol–water partition coefficient (Wildman–Crippen LogP) is 3.03. The molecule has 0 bridgehead atoms. The second kappa shape index (κ2) is 11.6. The molecule has 210 valence electrons. The largest absolute Gasteiger partial charge is 0.443 e. The van der Waals surface area contributed by atoms with Crippen molar-refractivity contribution in [3.63, 3.8) is 0 Å². The highest BCUT2D eigenvalue weighted by molar-refractivity contribution is 5.85. The number of amides is 2. The molecule has 3 aliphatic heterocycles. The average Bonchev–Trinajstić information content (AvgIpc) is 3.69. The van der Waals surface area contributed by atoms with Crippen LogP contribution in [0.1, 0.15) is 66.7 Å². The number of allylic oxidation sites excluding steroid dienone is 1. The van der Waals surface area contributed by atoms with Crippen LogP contribution in [0.15, 0.2) is 11.6 Å². The molecule has 9 heteroatoms. The van der Waals surface area contributed by atoms with Crippen LogP contribution in [0.4, 0.5) is 4.79 Å². The Hall–Kier alpha value is -1.68.